The van der Waals surface area contributed by atoms with E-state index in [4.69, 9.17) is 0 Å². The molecule has 3 rings (SSSR count). The molecule has 0 fully saturated rings. The van der Waals surface area contributed by atoms with E-state index in [0.29, 0.717) is 17.1 Å². The fourth-order valence-corrected chi connectivity index (χ4v) is 2.34. The Balaban J connectivity index is 2.12. The Bertz CT molecular complexity index is 797. The van der Waals surface area contributed by atoms with Crippen LogP contribution in [0.25, 0.3) is 17.1 Å². The summed E-state index contributed by atoms with van der Waals surface area (Å²) in [4.78, 5) is 15.6. The van der Waals surface area contributed by atoms with Crippen molar-refractivity contribution in [1.82, 2.24) is 14.8 Å². The number of nitrogens with zero attached hydrogens (tertiary/aromatic N) is 3. The summed E-state index contributed by atoms with van der Waals surface area (Å²) in [5.41, 5.74) is 3.21. The first-order chi connectivity index (χ1) is 10.2. The largest absolute Gasteiger partial charge is 0.298 e. The van der Waals surface area contributed by atoms with Crippen molar-refractivity contribution in [2.75, 3.05) is 0 Å². The number of aryl methyl sites for hydroxylation is 1. The van der Waals surface area contributed by atoms with E-state index >= 15 is 0 Å². The van der Waals surface area contributed by atoms with Crippen molar-refractivity contribution in [2.45, 2.75) is 6.92 Å². The smallest absolute Gasteiger partial charge is 0.153 e. The zero-order valence-electron chi connectivity index (χ0n) is 11.3. The number of aldehydes is 1. The first-order valence-electron chi connectivity index (χ1n) is 6.42. The number of benzene rings is 1. The van der Waals surface area contributed by atoms with Crippen LogP contribution in [0.2, 0.25) is 0 Å². The van der Waals surface area contributed by atoms with Gasteiger partial charge < -0.3 is 0 Å². The van der Waals surface area contributed by atoms with Crippen LogP contribution in [0, 0.1) is 6.92 Å². The second-order valence-corrected chi connectivity index (χ2v) is 5.50. The van der Waals surface area contributed by atoms with Gasteiger partial charge in [0.15, 0.2) is 12.1 Å². The molecule has 0 aliphatic rings. The number of aromatic nitrogens is 3. The Hall–Kier alpha value is -2.27. The molecule has 21 heavy (non-hydrogen) atoms. The minimum absolute atomic E-state index is 0.544. The topological polar surface area (TPSA) is 47.8 Å². The molecule has 0 bridgehead atoms. The van der Waals surface area contributed by atoms with E-state index in [2.05, 4.69) is 26.0 Å². The molecule has 0 saturated carbocycles. The predicted octanol–water partition coefficient (Wildman–Crippen LogP) is 3.82. The predicted molar refractivity (Wildman–Crippen MR) is 84.6 cm³/mol. The highest BCUT2D eigenvalue weighted by Gasteiger charge is 2.12. The zero-order valence-corrected chi connectivity index (χ0v) is 12.9. The lowest BCUT2D eigenvalue weighted by Gasteiger charge is -2.02. The zero-order chi connectivity index (χ0) is 14.8. The molecule has 3 aromatic rings. The molecule has 2 aromatic heterocycles. The van der Waals surface area contributed by atoms with Crippen molar-refractivity contribution in [3.05, 3.63) is 64.4 Å². The van der Waals surface area contributed by atoms with E-state index in [9.17, 15) is 4.79 Å². The number of rotatable bonds is 3. The first-order valence-corrected chi connectivity index (χ1v) is 7.21. The van der Waals surface area contributed by atoms with Gasteiger partial charge in [0.2, 0.25) is 0 Å². The summed E-state index contributed by atoms with van der Waals surface area (Å²) < 4.78 is 2.65. The van der Waals surface area contributed by atoms with Gasteiger partial charge in [-0.15, -0.1) is 0 Å². The van der Waals surface area contributed by atoms with Crippen LogP contribution in [0.5, 0.6) is 0 Å². The van der Waals surface area contributed by atoms with Crippen LogP contribution in [0.4, 0.5) is 0 Å². The molecule has 1 aromatic carbocycles. The molecular weight excluding hydrogens is 330 g/mol. The molecule has 2 heterocycles. The Morgan fingerprint density at radius 2 is 2.10 bits per heavy atom. The van der Waals surface area contributed by atoms with Crippen LogP contribution < -0.4 is 0 Å². The first kappa shape index (κ1) is 13.7. The molecule has 0 radical (unpaired) electrons. The van der Waals surface area contributed by atoms with Crippen LogP contribution in [0.3, 0.4) is 0 Å². The van der Waals surface area contributed by atoms with Gasteiger partial charge in [0.25, 0.3) is 0 Å². The molecule has 0 N–H and O–H groups in total. The van der Waals surface area contributed by atoms with Gasteiger partial charge in [-0.3, -0.25) is 4.79 Å². The summed E-state index contributed by atoms with van der Waals surface area (Å²) in [7, 11) is 0. The molecule has 0 atom stereocenters. The van der Waals surface area contributed by atoms with Gasteiger partial charge in [-0.2, -0.15) is 5.10 Å². The molecule has 0 aliphatic carbocycles. The standard InChI is InChI=1S/C16H12BrN3O/c1-11-8-12(5-6-14(11)17)16-13(10-21)9-20(19-16)15-4-2-3-7-18-15/h2-10H,1H3. The van der Waals surface area contributed by atoms with Crippen LogP contribution in [-0.2, 0) is 0 Å². The maximum Gasteiger partial charge on any atom is 0.153 e. The molecule has 0 amide bonds. The Morgan fingerprint density at radius 1 is 1.24 bits per heavy atom. The SMILES string of the molecule is Cc1cc(-c2nn(-c3ccccn3)cc2C=O)ccc1Br. The van der Waals surface area contributed by atoms with Crippen molar-refractivity contribution in [1.29, 1.82) is 0 Å². The third kappa shape index (κ3) is 2.64. The Labute approximate surface area is 130 Å². The molecule has 0 aliphatic heterocycles. The number of pyridine rings is 1. The second kappa shape index (κ2) is 5.61. The molecule has 4 nitrogen and oxygen atoms in total. The Kier molecular flexibility index (Phi) is 3.66. The summed E-state index contributed by atoms with van der Waals surface area (Å²) in [6, 6.07) is 11.5. The minimum atomic E-state index is 0.544. The summed E-state index contributed by atoms with van der Waals surface area (Å²) in [5, 5.41) is 4.50. The monoisotopic (exact) mass is 341 g/mol. The van der Waals surface area contributed by atoms with E-state index in [0.717, 1.165) is 21.9 Å². The molecule has 0 unspecified atom stereocenters. The van der Waals surface area contributed by atoms with Crippen molar-refractivity contribution >= 4 is 22.2 Å². The van der Waals surface area contributed by atoms with Gasteiger partial charge in [-0.05, 0) is 36.8 Å². The van der Waals surface area contributed by atoms with Crippen LogP contribution in [0.15, 0.2) is 53.3 Å². The number of hydrogen-bond acceptors (Lipinski definition) is 3. The molecule has 5 heteroatoms. The van der Waals surface area contributed by atoms with Gasteiger partial charge in [-0.1, -0.05) is 28.1 Å². The third-order valence-electron chi connectivity index (χ3n) is 3.18. The highest BCUT2D eigenvalue weighted by atomic mass is 79.9. The molecule has 0 saturated heterocycles. The van der Waals surface area contributed by atoms with Gasteiger partial charge in [-0.25, -0.2) is 9.67 Å². The normalized spacial score (nSPS) is 10.6. The van der Waals surface area contributed by atoms with Crippen molar-refractivity contribution in [3.63, 3.8) is 0 Å². The summed E-state index contributed by atoms with van der Waals surface area (Å²) >= 11 is 3.47. The number of hydrogen-bond donors (Lipinski definition) is 0. The lowest BCUT2D eigenvalue weighted by molar-refractivity contribution is 0.112. The van der Waals surface area contributed by atoms with Crippen LogP contribution in [-0.4, -0.2) is 21.1 Å². The van der Waals surface area contributed by atoms with Gasteiger partial charge in [0, 0.05) is 22.4 Å². The van der Waals surface area contributed by atoms with Gasteiger partial charge in [0.1, 0.15) is 5.69 Å². The summed E-state index contributed by atoms with van der Waals surface area (Å²) in [6.45, 7) is 2.00. The minimum Gasteiger partial charge on any atom is -0.298 e. The third-order valence-corrected chi connectivity index (χ3v) is 4.07. The molecule has 0 spiro atoms. The number of carbonyl (C=O) groups excluding carboxylic acids is 1. The maximum atomic E-state index is 11.3. The summed E-state index contributed by atoms with van der Waals surface area (Å²) in [6.07, 6.45) is 4.21. The quantitative estimate of drug-likeness (QED) is 0.680. The lowest BCUT2D eigenvalue weighted by atomic mass is 10.1. The Morgan fingerprint density at radius 3 is 2.76 bits per heavy atom. The summed E-state index contributed by atoms with van der Waals surface area (Å²) in [5.74, 6) is 0.681. The van der Waals surface area contributed by atoms with E-state index < -0.39 is 0 Å². The average Bonchev–Trinajstić information content (AvgIpc) is 2.95. The van der Waals surface area contributed by atoms with Crippen molar-refractivity contribution in [2.24, 2.45) is 0 Å². The van der Waals surface area contributed by atoms with E-state index in [-0.39, 0.29) is 0 Å². The highest BCUT2D eigenvalue weighted by molar-refractivity contribution is 9.10. The number of carbonyl (C=O) groups is 1. The lowest BCUT2D eigenvalue weighted by Crippen LogP contribution is -1.97. The van der Waals surface area contributed by atoms with Crippen LogP contribution >= 0.6 is 15.9 Å². The number of halogens is 1. The molecular formula is C16H12BrN3O. The fourth-order valence-electron chi connectivity index (χ4n) is 2.10. The van der Waals surface area contributed by atoms with Gasteiger partial charge in [0.05, 0.1) is 5.56 Å². The van der Waals surface area contributed by atoms with Crippen molar-refractivity contribution < 1.29 is 4.79 Å². The fraction of sp³-hybridized carbons (Fsp3) is 0.0625. The van der Waals surface area contributed by atoms with Crippen LogP contribution in [0.1, 0.15) is 15.9 Å². The van der Waals surface area contributed by atoms with Gasteiger partial charge >= 0.3 is 0 Å². The highest BCUT2D eigenvalue weighted by Crippen LogP contribution is 2.26. The second-order valence-electron chi connectivity index (χ2n) is 4.65. The maximum absolute atomic E-state index is 11.3. The molecule has 104 valence electrons. The average molecular weight is 342 g/mol. The van der Waals surface area contributed by atoms with E-state index in [1.807, 2.05) is 43.3 Å². The van der Waals surface area contributed by atoms with E-state index in [1.54, 1.807) is 17.1 Å². The van der Waals surface area contributed by atoms with E-state index in [1.165, 1.54) is 0 Å². The van der Waals surface area contributed by atoms with Crippen molar-refractivity contribution in [3.8, 4) is 17.1 Å².